The second kappa shape index (κ2) is 6.11. The molecule has 0 fully saturated rings. The van der Waals surface area contributed by atoms with Crippen LogP contribution in [0, 0.1) is 5.82 Å². The number of nitrogens with two attached hydrogens (primary N) is 1. The van der Waals surface area contributed by atoms with Crippen molar-refractivity contribution in [2.24, 2.45) is 5.73 Å². The molecule has 0 bridgehead atoms. The molecule has 0 heterocycles. The van der Waals surface area contributed by atoms with E-state index in [1.165, 1.54) is 12.1 Å². The van der Waals surface area contributed by atoms with Gasteiger partial charge in [-0.3, -0.25) is 4.79 Å². The molecule has 1 aromatic rings. The number of halogens is 1. The van der Waals surface area contributed by atoms with E-state index in [0.29, 0.717) is 6.42 Å². The van der Waals surface area contributed by atoms with Gasteiger partial charge in [0.25, 0.3) is 0 Å². The number of carboxylic acid groups (broad SMARTS) is 1. The van der Waals surface area contributed by atoms with Gasteiger partial charge in [-0.15, -0.1) is 0 Å². The minimum Gasteiger partial charge on any atom is -0.478 e. The Morgan fingerprint density at radius 3 is 2.72 bits per heavy atom. The number of aromatic carboxylic acids is 1. The lowest BCUT2D eigenvalue weighted by Gasteiger charge is -2.10. The Labute approximate surface area is 104 Å². The van der Waals surface area contributed by atoms with Crippen molar-refractivity contribution in [2.45, 2.75) is 25.8 Å². The quantitative estimate of drug-likeness (QED) is 0.744. The molecule has 0 aliphatic carbocycles. The van der Waals surface area contributed by atoms with E-state index < -0.39 is 17.7 Å². The van der Waals surface area contributed by atoms with E-state index >= 15 is 0 Å². The number of para-hydroxylation sites is 1. The third kappa shape index (κ3) is 3.81. The van der Waals surface area contributed by atoms with Crippen LogP contribution in [0.3, 0.4) is 0 Å². The van der Waals surface area contributed by atoms with Crippen LogP contribution < -0.4 is 11.1 Å². The molecule has 1 aromatic carbocycles. The molecule has 0 aliphatic heterocycles. The molecule has 1 rings (SSSR count). The van der Waals surface area contributed by atoms with Gasteiger partial charge in [0.1, 0.15) is 5.82 Å². The van der Waals surface area contributed by atoms with Gasteiger partial charge in [-0.25, -0.2) is 9.18 Å². The van der Waals surface area contributed by atoms with Crippen LogP contribution in [0.5, 0.6) is 0 Å². The van der Waals surface area contributed by atoms with Gasteiger partial charge in [0.2, 0.25) is 5.91 Å². The first-order valence-electron chi connectivity index (χ1n) is 5.49. The Bertz CT molecular complexity index is 461. The Morgan fingerprint density at radius 2 is 2.17 bits per heavy atom. The molecule has 0 aliphatic rings. The van der Waals surface area contributed by atoms with E-state index in [4.69, 9.17) is 10.8 Å². The fraction of sp³-hybridized carbons (Fsp3) is 0.333. The molecule has 4 N–H and O–H groups in total. The average molecular weight is 254 g/mol. The summed E-state index contributed by atoms with van der Waals surface area (Å²) in [6, 6.07) is 3.45. The van der Waals surface area contributed by atoms with Crippen molar-refractivity contribution in [3.63, 3.8) is 0 Å². The van der Waals surface area contributed by atoms with Crippen LogP contribution in [0.4, 0.5) is 10.1 Å². The molecule has 6 heteroatoms. The number of amides is 1. The summed E-state index contributed by atoms with van der Waals surface area (Å²) in [5.74, 6) is -2.53. The number of benzene rings is 1. The highest BCUT2D eigenvalue weighted by molar-refractivity contribution is 6.00. The van der Waals surface area contributed by atoms with Crippen molar-refractivity contribution in [3.05, 3.63) is 29.6 Å². The van der Waals surface area contributed by atoms with Crippen LogP contribution in [0.15, 0.2) is 18.2 Å². The minimum absolute atomic E-state index is 0.116. The van der Waals surface area contributed by atoms with Crippen molar-refractivity contribution in [2.75, 3.05) is 5.32 Å². The van der Waals surface area contributed by atoms with E-state index in [1.54, 1.807) is 6.92 Å². The Kier molecular flexibility index (Phi) is 4.79. The molecule has 0 radical (unpaired) electrons. The van der Waals surface area contributed by atoms with Crippen LogP contribution in [0.1, 0.15) is 30.1 Å². The number of carboxylic acids is 1. The fourth-order valence-corrected chi connectivity index (χ4v) is 1.39. The maximum Gasteiger partial charge on any atom is 0.337 e. The van der Waals surface area contributed by atoms with Crippen LogP contribution in [-0.4, -0.2) is 23.0 Å². The molecule has 5 nitrogen and oxygen atoms in total. The highest BCUT2D eigenvalue weighted by Crippen LogP contribution is 2.20. The third-order valence-electron chi connectivity index (χ3n) is 2.34. The molecule has 1 unspecified atom stereocenters. The van der Waals surface area contributed by atoms with E-state index in [9.17, 15) is 14.0 Å². The van der Waals surface area contributed by atoms with Gasteiger partial charge in [0.15, 0.2) is 0 Å². The summed E-state index contributed by atoms with van der Waals surface area (Å²) in [5, 5.41) is 11.1. The van der Waals surface area contributed by atoms with Gasteiger partial charge in [-0.1, -0.05) is 6.07 Å². The molecular formula is C12H15FN2O3. The van der Waals surface area contributed by atoms with Crippen molar-refractivity contribution in [1.82, 2.24) is 0 Å². The number of carbonyl (C=O) groups is 2. The second-order valence-electron chi connectivity index (χ2n) is 4.03. The van der Waals surface area contributed by atoms with Crippen LogP contribution in [0.25, 0.3) is 0 Å². The Morgan fingerprint density at radius 1 is 1.50 bits per heavy atom. The highest BCUT2D eigenvalue weighted by Gasteiger charge is 2.16. The Hall–Kier alpha value is -1.95. The molecule has 1 amide bonds. The normalized spacial score (nSPS) is 11.9. The highest BCUT2D eigenvalue weighted by atomic mass is 19.1. The number of nitrogens with one attached hydrogen (secondary N) is 1. The average Bonchev–Trinajstić information content (AvgIpc) is 2.28. The van der Waals surface area contributed by atoms with Crippen molar-refractivity contribution < 1.29 is 19.1 Å². The summed E-state index contributed by atoms with van der Waals surface area (Å²) in [7, 11) is 0. The monoisotopic (exact) mass is 254 g/mol. The standard InChI is InChI=1S/C12H15FN2O3/c1-7(14)5-6-10(16)15-11-8(12(17)18)3-2-4-9(11)13/h2-4,7H,5-6,14H2,1H3,(H,15,16)(H,17,18). The fourth-order valence-electron chi connectivity index (χ4n) is 1.39. The summed E-state index contributed by atoms with van der Waals surface area (Å²) >= 11 is 0. The predicted molar refractivity (Wildman–Crippen MR) is 64.9 cm³/mol. The molecule has 98 valence electrons. The topological polar surface area (TPSA) is 92.4 Å². The first-order chi connectivity index (χ1) is 8.41. The molecule has 1 atom stereocenters. The third-order valence-corrected chi connectivity index (χ3v) is 2.34. The summed E-state index contributed by atoms with van der Waals surface area (Å²) in [5.41, 5.74) is 4.91. The zero-order valence-electron chi connectivity index (χ0n) is 9.94. The van der Waals surface area contributed by atoms with Gasteiger partial charge < -0.3 is 16.2 Å². The maximum absolute atomic E-state index is 13.5. The number of hydrogen-bond acceptors (Lipinski definition) is 3. The van der Waals surface area contributed by atoms with Gasteiger partial charge in [0, 0.05) is 12.5 Å². The van der Waals surface area contributed by atoms with Crippen LogP contribution in [-0.2, 0) is 4.79 Å². The number of hydrogen-bond donors (Lipinski definition) is 3. The van der Waals surface area contributed by atoms with E-state index in [1.807, 2.05) is 0 Å². The maximum atomic E-state index is 13.5. The van der Waals surface area contributed by atoms with Crippen molar-refractivity contribution >= 4 is 17.6 Å². The Balaban J connectivity index is 2.83. The van der Waals surface area contributed by atoms with Crippen LogP contribution >= 0.6 is 0 Å². The van der Waals surface area contributed by atoms with Gasteiger partial charge in [-0.05, 0) is 25.5 Å². The van der Waals surface area contributed by atoms with Crippen molar-refractivity contribution in [3.8, 4) is 0 Å². The zero-order chi connectivity index (χ0) is 13.7. The number of anilines is 1. The summed E-state index contributed by atoms with van der Waals surface area (Å²) in [6.07, 6.45) is 0.563. The van der Waals surface area contributed by atoms with Crippen molar-refractivity contribution in [1.29, 1.82) is 0 Å². The van der Waals surface area contributed by atoms with Gasteiger partial charge in [0.05, 0.1) is 11.3 Å². The summed E-state index contributed by atoms with van der Waals surface area (Å²) in [6.45, 7) is 1.75. The molecule has 18 heavy (non-hydrogen) atoms. The molecule has 0 saturated heterocycles. The van der Waals surface area contributed by atoms with E-state index in [2.05, 4.69) is 5.32 Å². The molecule has 0 spiro atoms. The minimum atomic E-state index is -1.29. The molecular weight excluding hydrogens is 239 g/mol. The number of rotatable bonds is 5. The summed E-state index contributed by atoms with van der Waals surface area (Å²) in [4.78, 5) is 22.4. The lowest BCUT2D eigenvalue weighted by atomic mass is 10.1. The largest absolute Gasteiger partial charge is 0.478 e. The molecule has 0 saturated carbocycles. The predicted octanol–water partition coefficient (Wildman–Crippen LogP) is 1.59. The van der Waals surface area contributed by atoms with Crippen LogP contribution in [0.2, 0.25) is 0 Å². The van der Waals surface area contributed by atoms with E-state index in [0.717, 1.165) is 6.07 Å². The second-order valence-corrected chi connectivity index (χ2v) is 4.03. The first kappa shape index (κ1) is 14.1. The van der Waals surface area contributed by atoms with E-state index in [-0.39, 0.29) is 23.7 Å². The summed E-state index contributed by atoms with van der Waals surface area (Å²) < 4.78 is 13.5. The van der Waals surface area contributed by atoms with Gasteiger partial charge in [-0.2, -0.15) is 0 Å². The number of carbonyl (C=O) groups excluding carboxylic acids is 1. The SMILES string of the molecule is CC(N)CCC(=O)Nc1c(F)cccc1C(=O)O. The first-order valence-corrected chi connectivity index (χ1v) is 5.49. The smallest absolute Gasteiger partial charge is 0.337 e. The lowest BCUT2D eigenvalue weighted by Crippen LogP contribution is -2.20. The lowest BCUT2D eigenvalue weighted by molar-refractivity contribution is -0.116. The van der Waals surface area contributed by atoms with Gasteiger partial charge >= 0.3 is 5.97 Å². The molecule has 0 aromatic heterocycles. The zero-order valence-corrected chi connectivity index (χ0v) is 9.94.